The number of hydrogen-bond donors (Lipinski definition) is 1. The van der Waals surface area contributed by atoms with Gasteiger partial charge in [0.05, 0.1) is 0 Å². The molecule has 0 aliphatic carbocycles. The fourth-order valence-corrected chi connectivity index (χ4v) is 3.71. The lowest BCUT2D eigenvalue weighted by Gasteiger charge is -2.33. The van der Waals surface area contributed by atoms with Crippen molar-refractivity contribution in [3.8, 4) is 0 Å². The SMILES string of the molecule is CC(C)(C)C1CCN(CCC(C)(C)C2CCNC2)C1. The van der Waals surface area contributed by atoms with Gasteiger partial charge < -0.3 is 10.2 Å². The van der Waals surface area contributed by atoms with Crippen LogP contribution in [0.5, 0.6) is 0 Å². The van der Waals surface area contributed by atoms with Crippen LogP contribution in [0.2, 0.25) is 0 Å². The zero-order valence-electron chi connectivity index (χ0n) is 13.8. The molecular formula is C17H34N2. The van der Waals surface area contributed by atoms with E-state index in [1.165, 1.54) is 52.0 Å². The predicted octanol–water partition coefficient (Wildman–Crippen LogP) is 3.38. The second-order valence-corrected chi connectivity index (χ2v) is 8.58. The predicted molar refractivity (Wildman–Crippen MR) is 83.4 cm³/mol. The molecule has 0 spiro atoms. The molecule has 0 amide bonds. The van der Waals surface area contributed by atoms with Gasteiger partial charge in [-0.05, 0) is 68.1 Å². The fraction of sp³-hybridized carbons (Fsp3) is 1.00. The quantitative estimate of drug-likeness (QED) is 0.839. The second-order valence-electron chi connectivity index (χ2n) is 8.58. The summed E-state index contributed by atoms with van der Waals surface area (Å²) in [6.07, 6.45) is 4.13. The molecule has 0 aromatic heterocycles. The minimum atomic E-state index is 0.486. The van der Waals surface area contributed by atoms with Gasteiger partial charge in [0.2, 0.25) is 0 Å². The molecule has 2 unspecified atom stereocenters. The highest BCUT2D eigenvalue weighted by Crippen LogP contribution is 2.37. The van der Waals surface area contributed by atoms with Crippen LogP contribution in [0, 0.1) is 22.7 Å². The zero-order chi connectivity index (χ0) is 14.1. The first kappa shape index (κ1) is 15.3. The van der Waals surface area contributed by atoms with E-state index in [9.17, 15) is 0 Å². The molecular weight excluding hydrogens is 232 g/mol. The molecule has 0 radical (unpaired) electrons. The first-order valence-corrected chi connectivity index (χ1v) is 8.22. The fourth-order valence-electron chi connectivity index (χ4n) is 3.71. The van der Waals surface area contributed by atoms with Crippen molar-refractivity contribution in [2.45, 2.75) is 53.9 Å². The molecule has 0 aromatic rings. The molecule has 2 saturated heterocycles. The number of rotatable bonds is 4. The van der Waals surface area contributed by atoms with Gasteiger partial charge in [-0.3, -0.25) is 0 Å². The molecule has 2 fully saturated rings. The lowest BCUT2D eigenvalue weighted by atomic mass is 9.75. The van der Waals surface area contributed by atoms with E-state index in [1.54, 1.807) is 0 Å². The molecule has 2 rings (SSSR count). The van der Waals surface area contributed by atoms with Gasteiger partial charge >= 0.3 is 0 Å². The molecule has 1 N–H and O–H groups in total. The minimum absolute atomic E-state index is 0.486. The average Bonchev–Trinajstić information content (AvgIpc) is 2.97. The molecule has 2 aliphatic rings. The van der Waals surface area contributed by atoms with E-state index in [-0.39, 0.29) is 0 Å². The molecule has 2 heterocycles. The van der Waals surface area contributed by atoms with Gasteiger partial charge in [-0.25, -0.2) is 0 Å². The van der Waals surface area contributed by atoms with Crippen molar-refractivity contribution in [2.24, 2.45) is 22.7 Å². The van der Waals surface area contributed by atoms with Crippen molar-refractivity contribution in [3.05, 3.63) is 0 Å². The summed E-state index contributed by atoms with van der Waals surface area (Å²) in [5.74, 6) is 1.78. The summed E-state index contributed by atoms with van der Waals surface area (Å²) in [4.78, 5) is 2.71. The molecule has 0 aromatic carbocycles. The van der Waals surface area contributed by atoms with E-state index in [0.29, 0.717) is 10.8 Å². The standard InChI is InChI=1S/C17H34N2/c1-16(2,3)15-7-10-19(13-15)11-8-17(4,5)14-6-9-18-12-14/h14-15,18H,6-13H2,1-5H3. The van der Waals surface area contributed by atoms with E-state index < -0.39 is 0 Å². The molecule has 112 valence electrons. The van der Waals surface area contributed by atoms with E-state index in [4.69, 9.17) is 0 Å². The van der Waals surface area contributed by atoms with E-state index in [2.05, 4.69) is 44.8 Å². The summed E-state index contributed by atoms with van der Waals surface area (Å²) < 4.78 is 0. The largest absolute Gasteiger partial charge is 0.316 e. The minimum Gasteiger partial charge on any atom is -0.316 e. The van der Waals surface area contributed by atoms with Crippen LogP contribution in [0.1, 0.15) is 53.9 Å². The van der Waals surface area contributed by atoms with E-state index in [1.807, 2.05) is 0 Å². The first-order valence-electron chi connectivity index (χ1n) is 8.22. The summed E-state index contributed by atoms with van der Waals surface area (Å²) in [5, 5.41) is 3.52. The lowest BCUT2D eigenvalue weighted by Crippen LogP contribution is -2.33. The Balaban J connectivity index is 1.77. The maximum Gasteiger partial charge on any atom is 0.00151 e. The average molecular weight is 266 g/mol. The Morgan fingerprint density at radius 2 is 1.79 bits per heavy atom. The van der Waals surface area contributed by atoms with Crippen molar-refractivity contribution >= 4 is 0 Å². The van der Waals surface area contributed by atoms with Crippen molar-refractivity contribution < 1.29 is 0 Å². The topological polar surface area (TPSA) is 15.3 Å². The smallest absolute Gasteiger partial charge is 0.00151 e. The van der Waals surface area contributed by atoms with Gasteiger partial charge in [-0.2, -0.15) is 0 Å². The van der Waals surface area contributed by atoms with Crippen molar-refractivity contribution in [2.75, 3.05) is 32.7 Å². The summed E-state index contributed by atoms with van der Waals surface area (Å²) in [6, 6.07) is 0. The highest BCUT2D eigenvalue weighted by Gasteiger charge is 2.35. The number of hydrogen-bond acceptors (Lipinski definition) is 2. The third-order valence-corrected chi connectivity index (χ3v) is 5.73. The molecule has 2 nitrogen and oxygen atoms in total. The second kappa shape index (κ2) is 5.73. The van der Waals surface area contributed by atoms with Crippen LogP contribution in [0.4, 0.5) is 0 Å². The molecule has 2 heteroatoms. The van der Waals surface area contributed by atoms with Gasteiger partial charge in [-0.15, -0.1) is 0 Å². The van der Waals surface area contributed by atoms with Gasteiger partial charge in [0.25, 0.3) is 0 Å². The summed E-state index contributed by atoms with van der Waals surface area (Å²) in [6.45, 7) is 18.5. The van der Waals surface area contributed by atoms with Crippen LogP contribution in [-0.2, 0) is 0 Å². The lowest BCUT2D eigenvalue weighted by molar-refractivity contribution is 0.167. The third kappa shape index (κ3) is 3.95. The summed E-state index contributed by atoms with van der Waals surface area (Å²) in [5.41, 5.74) is 0.989. The molecule has 0 saturated carbocycles. The Morgan fingerprint density at radius 1 is 1.05 bits per heavy atom. The Morgan fingerprint density at radius 3 is 2.32 bits per heavy atom. The first-order chi connectivity index (χ1) is 8.79. The molecule has 2 aliphatic heterocycles. The highest BCUT2D eigenvalue weighted by molar-refractivity contribution is 4.88. The van der Waals surface area contributed by atoms with Crippen LogP contribution in [0.3, 0.4) is 0 Å². The number of nitrogens with zero attached hydrogens (tertiary/aromatic N) is 1. The van der Waals surface area contributed by atoms with E-state index in [0.717, 1.165) is 11.8 Å². The van der Waals surface area contributed by atoms with Gasteiger partial charge in [0, 0.05) is 6.54 Å². The summed E-state index contributed by atoms with van der Waals surface area (Å²) >= 11 is 0. The monoisotopic (exact) mass is 266 g/mol. The van der Waals surface area contributed by atoms with Crippen molar-refractivity contribution in [3.63, 3.8) is 0 Å². The maximum atomic E-state index is 3.52. The number of likely N-dealkylation sites (tertiary alicyclic amines) is 1. The zero-order valence-corrected chi connectivity index (χ0v) is 13.8. The van der Waals surface area contributed by atoms with Crippen LogP contribution in [0.15, 0.2) is 0 Å². The number of nitrogens with one attached hydrogen (secondary N) is 1. The van der Waals surface area contributed by atoms with Gasteiger partial charge in [0.15, 0.2) is 0 Å². The Kier molecular flexibility index (Phi) is 4.62. The molecule has 0 bridgehead atoms. The Labute approximate surface area is 120 Å². The normalized spacial score (nSPS) is 30.2. The van der Waals surface area contributed by atoms with Crippen LogP contribution in [-0.4, -0.2) is 37.6 Å². The Bertz CT molecular complexity index is 284. The maximum absolute atomic E-state index is 3.52. The van der Waals surface area contributed by atoms with Crippen molar-refractivity contribution in [1.29, 1.82) is 0 Å². The Hall–Kier alpha value is -0.0800. The van der Waals surface area contributed by atoms with Crippen molar-refractivity contribution in [1.82, 2.24) is 10.2 Å². The highest BCUT2D eigenvalue weighted by atomic mass is 15.1. The van der Waals surface area contributed by atoms with Crippen LogP contribution < -0.4 is 5.32 Å². The molecule has 19 heavy (non-hydrogen) atoms. The summed E-state index contributed by atoms with van der Waals surface area (Å²) in [7, 11) is 0. The van der Waals surface area contributed by atoms with E-state index >= 15 is 0 Å². The van der Waals surface area contributed by atoms with Gasteiger partial charge in [0.1, 0.15) is 0 Å². The van der Waals surface area contributed by atoms with Crippen LogP contribution in [0.25, 0.3) is 0 Å². The third-order valence-electron chi connectivity index (χ3n) is 5.73. The van der Waals surface area contributed by atoms with Gasteiger partial charge in [-0.1, -0.05) is 34.6 Å². The molecule has 2 atom stereocenters. The van der Waals surface area contributed by atoms with Crippen LogP contribution >= 0.6 is 0 Å².